The number of hydrogen-bond donors (Lipinski definition) is 4. The topological polar surface area (TPSA) is 109 Å². The van der Waals surface area contributed by atoms with Crippen LogP contribution in [0, 0.1) is 5.82 Å². The summed E-state index contributed by atoms with van der Waals surface area (Å²) in [4.78, 5) is 25.1. The second-order valence-electron chi connectivity index (χ2n) is 9.85. The highest BCUT2D eigenvalue weighted by Gasteiger charge is 2.46. The van der Waals surface area contributed by atoms with Gasteiger partial charge < -0.3 is 30.5 Å². The number of fused-ring (bicyclic) bond motifs is 3. The van der Waals surface area contributed by atoms with Gasteiger partial charge in [0.25, 0.3) is 0 Å². The average molecular weight is 498 g/mol. The lowest BCUT2D eigenvalue weighted by Crippen LogP contribution is -2.48. The van der Waals surface area contributed by atoms with Crippen LogP contribution in [-0.2, 0) is 9.53 Å². The summed E-state index contributed by atoms with van der Waals surface area (Å²) in [6, 6.07) is 10.7. The van der Waals surface area contributed by atoms with Crippen molar-refractivity contribution in [3.63, 3.8) is 0 Å². The SMILES string of the molecule is O=C(C[C@@H]1C[C@H]2c3cc(NC(=O)Nc4ccc(F)cc4)ccc3O[C@H]2[C@H](CO)O1)NC1CCCCC1. The minimum atomic E-state index is -0.540. The third kappa shape index (κ3) is 5.63. The van der Waals surface area contributed by atoms with E-state index in [9.17, 15) is 19.1 Å². The molecule has 1 saturated heterocycles. The highest BCUT2D eigenvalue weighted by Crippen LogP contribution is 2.47. The van der Waals surface area contributed by atoms with E-state index < -0.39 is 12.1 Å². The lowest BCUT2D eigenvalue weighted by molar-refractivity contribution is -0.142. The molecule has 3 amide bonds. The van der Waals surface area contributed by atoms with Crippen molar-refractivity contribution in [2.24, 2.45) is 0 Å². The maximum atomic E-state index is 13.1. The summed E-state index contributed by atoms with van der Waals surface area (Å²) < 4.78 is 25.3. The Bertz CT molecular complexity index is 1090. The van der Waals surface area contributed by atoms with Crippen LogP contribution in [-0.4, -0.2) is 48.0 Å². The summed E-state index contributed by atoms with van der Waals surface area (Å²) in [5.74, 6) is 0.217. The monoisotopic (exact) mass is 497 g/mol. The largest absolute Gasteiger partial charge is 0.487 e. The Labute approximate surface area is 209 Å². The molecule has 0 spiro atoms. The first-order chi connectivity index (χ1) is 17.5. The van der Waals surface area contributed by atoms with Gasteiger partial charge in [-0.3, -0.25) is 4.79 Å². The molecule has 4 N–H and O–H groups in total. The number of aliphatic hydroxyl groups is 1. The van der Waals surface area contributed by atoms with Gasteiger partial charge in [0.1, 0.15) is 23.8 Å². The summed E-state index contributed by atoms with van der Waals surface area (Å²) in [5, 5.41) is 18.6. The van der Waals surface area contributed by atoms with Gasteiger partial charge in [-0.1, -0.05) is 19.3 Å². The second-order valence-corrected chi connectivity index (χ2v) is 9.85. The van der Waals surface area contributed by atoms with Crippen LogP contribution >= 0.6 is 0 Å². The predicted octanol–water partition coefficient (Wildman–Crippen LogP) is 4.30. The fourth-order valence-corrected chi connectivity index (χ4v) is 5.53. The Kier molecular flexibility index (Phi) is 7.38. The molecule has 2 aromatic carbocycles. The zero-order chi connectivity index (χ0) is 25.1. The summed E-state index contributed by atoms with van der Waals surface area (Å²) >= 11 is 0. The van der Waals surface area contributed by atoms with Gasteiger partial charge in [-0.2, -0.15) is 0 Å². The number of carbonyl (C=O) groups excluding carboxylic acids is 2. The fraction of sp³-hybridized carbons (Fsp3) is 0.481. The van der Waals surface area contributed by atoms with Gasteiger partial charge >= 0.3 is 6.03 Å². The maximum Gasteiger partial charge on any atom is 0.323 e. The molecular weight excluding hydrogens is 465 g/mol. The van der Waals surface area contributed by atoms with Crippen LogP contribution in [0.5, 0.6) is 5.75 Å². The standard InChI is InChI=1S/C27H32FN3O5/c28-16-6-8-18(9-7-16)30-27(34)31-19-10-11-23-21(12-19)22-13-20(35-24(15-32)26(22)36-23)14-25(33)29-17-4-2-1-3-5-17/h6-12,17,20,22,24,26,32H,1-5,13-15H2,(H,29,33)(H2,30,31,34)/t20-,22-,24-,26+/m0/s1. The van der Waals surface area contributed by atoms with Gasteiger partial charge in [0.05, 0.1) is 19.1 Å². The molecule has 3 aliphatic rings. The average Bonchev–Trinajstić information content (AvgIpc) is 3.23. The number of carbonyl (C=O) groups is 2. The van der Waals surface area contributed by atoms with Crippen LogP contribution in [0.3, 0.4) is 0 Å². The number of hydrogen-bond acceptors (Lipinski definition) is 5. The fourth-order valence-electron chi connectivity index (χ4n) is 5.53. The van der Waals surface area contributed by atoms with E-state index in [1.165, 1.54) is 30.7 Å². The Morgan fingerprint density at radius 3 is 2.47 bits per heavy atom. The number of nitrogens with one attached hydrogen (secondary N) is 3. The van der Waals surface area contributed by atoms with E-state index in [2.05, 4.69) is 16.0 Å². The lowest BCUT2D eigenvalue weighted by atomic mass is 9.84. The molecule has 1 saturated carbocycles. The van der Waals surface area contributed by atoms with E-state index in [0.29, 0.717) is 23.5 Å². The molecule has 2 fully saturated rings. The molecule has 0 unspecified atom stereocenters. The maximum absolute atomic E-state index is 13.1. The van der Waals surface area contributed by atoms with Crippen molar-refractivity contribution in [1.29, 1.82) is 0 Å². The quantitative estimate of drug-likeness (QED) is 0.476. The summed E-state index contributed by atoms with van der Waals surface area (Å²) in [7, 11) is 0. The Balaban J connectivity index is 1.24. The molecule has 36 heavy (non-hydrogen) atoms. The number of benzene rings is 2. The molecule has 0 bridgehead atoms. The molecule has 0 aromatic heterocycles. The molecule has 1 aliphatic carbocycles. The van der Waals surface area contributed by atoms with Crippen LogP contribution in [0.25, 0.3) is 0 Å². The number of halogens is 1. The zero-order valence-electron chi connectivity index (χ0n) is 20.0. The van der Waals surface area contributed by atoms with Crippen molar-refractivity contribution in [1.82, 2.24) is 5.32 Å². The van der Waals surface area contributed by atoms with Crippen molar-refractivity contribution >= 4 is 23.3 Å². The lowest BCUT2D eigenvalue weighted by Gasteiger charge is -2.37. The van der Waals surface area contributed by atoms with Gasteiger partial charge in [0.15, 0.2) is 0 Å². The molecule has 4 atom stereocenters. The first kappa shape index (κ1) is 24.5. The molecular formula is C27H32FN3O5. The van der Waals surface area contributed by atoms with Crippen molar-refractivity contribution < 1.29 is 28.6 Å². The normalized spacial score (nSPS) is 25.3. The summed E-state index contributed by atoms with van der Waals surface area (Å²) in [6.45, 7) is -0.207. The molecule has 2 aromatic rings. The van der Waals surface area contributed by atoms with Crippen molar-refractivity contribution in [3.05, 3.63) is 53.8 Å². The van der Waals surface area contributed by atoms with Crippen LogP contribution in [0.2, 0.25) is 0 Å². The van der Waals surface area contributed by atoms with E-state index in [1.807, 2.05) is 6.07 Å². The van der Waals surface area contributed by atoms with E-state index >= 15 is 0 Å². The van der Waals surface area contributed by atoms with Gasteiger partial charge in [-0.15, -0.1) is 0 Å². The van der Waals surface area contributed by atoms with E-state index in [4.69, 9.17) is 9.47 Å². The summed E-state index contributed by atoms with van der Waals surface area (Å²) in [5.41, 5.74) is 1.97. The van der Waals surface area contributed by atoms with E-state index in [0.717, 1.165) is 31.2 Å². The van der Waals surface area contributed by atoms with Gasteiger partial charge in [-0.25, -0.2) is 9.18 Å². The summed E-state index contributed by atoms with van der Waals surface area (Å²) in [6.07, 6.45) is 5.15. The predicted molar refractivity (Wildman–Crippen MR) is 133 cm³/mol. The smallest absolute Gasteiger partial charge is 0.323 e. The van der Waals surface area contributed by atoms with Gasteiger partial charge in [0, 0.05) is 28.9 Å². The molecule has 2 aliphatic heterocycles. The van der Waals surface area contributed by atoms with Gasteiger partial charge in [-0.05, 0) is 61.7 Å². The third-order valence-corrected chi connectivity index (χ3v) is 7.24. The van der Waals surface area contributed by atoms with Crippen LogP contribution in [0.15, 0.2) is 42.5 Å². The number of amides is 3. The molecule has 192 valence electrons. The van der Waals surface area contributed by atoms with Crippen LogP contribution in [0.4, 0.5) is 20.6 Å². The highest BCUT2D eigenvalue weighted by atomic mass is 19.1. The van der Waals surface area contributed by atoms with Crippen LogP contribution < -0.4 is 20.7 Å². The molecule has 9 heteroatoms. The first-order valence-electron chi connectivity index (χ1n) is 12.7. The van der Waals surface area contributed by atoms with Crippen molar-refractivity contribution in [2.75, 3.05) is 17.2 Å². The molecule has 8 nitrogen and oxygen atoms in total. The number of anilines is 2. The van der Waals surface area contributed by atoms with E-state index in [-0.39, 0.29) is 48.9 Å². The number of ether oxygens (including phenoxy) is 2. The zero-order valence-corrected chi connectivity index (χ0v) is 20.0. The Morgan fingerprint density at radius 2 is 1.72 bits per heavy atom. The van der Waals surface area contributed by atoms with Crippen molar-refractivity contribution in [3.8, 4) is 5.75 Å². The van der Waals surface area contributed by atoms with Crippen LogP contribution in [0.1, 0.15) is 56.4 Å². The second kappa shape index (κ2) is 10.8. The molecule has 5 rings (SSSR count). The molecule has 0 radical (unpaired) electrons. The van der Waals surface area contributed by atoms with Crippen molar-refractivity contribution in [2.45, 2.75) is 75.2 Å². The first-order valence-corrected chi connectivity index (χ1v) is 12.7. The molecule has 2 heterocycles. The Morgan fingerprint density at radius 1 is 1.00 bits per heavy atom. The van der Waals surface area contributed by atoms with E-state index in [1.54, 1.807) is 12.1 Å². The third-order valence-electron chi connectivity index (χ3n) is 7.24. The highest BCUT2D eigenvalue weighted by molar-refractivity contribution is 5.99. The number of aliphatic hydroxyl groups excluding tert-OH is 1. The minimum absolute atomic E-state index is 0.0194. The Hall–Kier alpha value is -3.17. The number of urea groups is 1. The minimum Gasteiger partial charge on any atom is -0.487 e. The number of rotatable bonds is 6. The van der Waals surface area contributed by atoms with Gasteiger partial charge in [0.2, 0.25) is 5.91 Å².